The second-order valence-corrected chi connectivity index (χ2v) is 7.97. The van der Waals surface area contributed by atoms with E-state index in [2.05, 4.69) is 16.7 Å². The van der Waals surface area contributed by atoms with Gasteiger partial charge in [-0.05, 0) is 63.1 Å². The maximum atomic E-state index is 12.8. The van der Waals surface area contributed by atoms with E-state index in [1.54, 1.807) is 25.1 Å². The monoisotopic (exact) mass is 388 g/mol. The number of anilines is 1. The van der Waals surface area contributed by atoms with Crippen LogP contribution in [0.15, 0.2) is 18.2 Å². The summed E-state index contributed by atoms with van der Waals surface area (Å²) < 4.78 is 0. The molecule has 2 aliphatic rings. The Morgan fingerprint density at radius 2 is 2.00 bits per heavy atom. The molecule has 27 heavy (non-hydrogen) atoms. The predicted molar refractivity (Wildman–Crippen MR) is 105 cm³/mol. The first-order chi connectivity index (χ1) is 12.9. The van der Waals surface area contributed by atoms with Crippen LogP contribution in [0.3, 0.4) is 0 Å². The standard InChI is InChI=1S/C20H25ClN4O2/c1-20(13-22,14-5-6-14)24-18(26)12-23-17-11-15(21)7-8-16(17)19(27)25-9-3-2-4-10-25/h7-8,11,14,23H,2-6,9-10,12H2,1H3,(H,24,26). The number of carbonyl (C=O) groups is 2. The minimum absolute atomic E-state index is 0.0232. The first kappa shape index (κ1) is 19.5. The highest BCUT2D eigenvalue weighted by Crippen LogP contribution is 2.39. The van der Waals surface area contributed by atoms with Crippen molar-refractivity contribution in [2.75, 3.05) is 25.0 Å². The third-order valence-electron chi connectivity index (χ3n) is 5.32. The number of hydrogen-bond donors (Lipinski definition) is 2. The molecule has 0 spiro atoms. The molecule has 6 nitrogen and oxygen atoms in total. The highest BCUT2D eigenvalue weighted by atomic mass is 35.5. The molecule has 1 atom stereocenters. The van der Waals surface area contributed by atoms with Gasteiger partial charge in [-0.1, -0.05) is 11.6 Å². The Morgan fingerprint density at radius 3 is 2.63 bits per heavy atom. The third kappa shape index (κ3) is 4.72. The highest BCUT2D eigenvalue weighted by Gasteiger charge is 2.42. The first-order valence-electron chi connectivity index (χ1n) is 9.48. The second kappa shape index (κ2) is 8.18. The van der Waals surface area contributed by atoms with Crippen LogP contribution in [0.4, 0.5) is 5.69 Å². The summed E-state index contributed by atoms with van der Waals surface area (Å²) in [6.07, 6.45) is 5.09. The zero-order chi connectivity index (χ0) is 19.4. The van der Waals surface area contributed by atoms with E-state index in [-0.39, 0.29) is 24.3 Å². The van der Waals surface area contributed by atoms with Crippen LogP contribution in [0.1, 0.15) is 49.4 Å². The quantitative estimate of drug-likeness (QED) is 0.783. The Balaban J connectivity index is 1.67. The van der Waals surface area contributed by atoms with Crippen molar-refractivity contribution < 1.29 is 9.59 Å². The normalized spacial score (nSPS) is 18.9. The Labute approximate surface area is 164 Å². The largest absolute Gasteiger partial charge is 0.375 e. The summed E-state index contributed by atoms with van der Waals surface area (Å²) in [6, 6.07) is 7.25. The topological polar surface area (TPSA) is 85.2 Å². The van der Waals surface area contributed by atoms with Gasteiger partial charge in [0.25, 0.3) is 5.91 Å². The van der Waals surface area contributed by atoms with Crippen molar-refractivity contribution in [3.63, 3.8) is 0 Å². The molecule has 3 rings (SSSR count). The first-order valence-corrected chi connectivity index (χ1v) is 9.86. The van der Waals surface area contributed by atoms with Crippen LogP contribution >= 0.6 is 11.6 Å². The van der Waals surface area contributed by atoms with Crippen LogP contribution in [0.2, 0.25) is 5.02 Å². The van der Waals surface area contributed by atoms with Gasteiger partial charge in [-0.15, -0.1) is 0 Å². The van der Waals surface area contributed by atoms with E-state index in [0.717, 1.165) is 45.2 Å². The lowest BCUT2D eigenvalue weighted by Crippen LogP contribution is -2.48. The molecule has 1 heterocycles. The van der Waals surface area contributed by atoms with Gasteiger partial charge in [0.1, 0.15) is 5.54 Å². The van der Waals surface area contributed by atoms with E-state index in [1.165, 1.54) is 0 Å². The van der Waals surface area contributed by atoms with Crippen molar-refractivity contribution in [1.29, 1.82) is 5.26 Å². The summed E-state index contributed by atoms with van der Waals surface area (Å²) in [7, 11) is 0. The molecule has 2 fully saturated rings. The SMILES string of the molecule is CC(C#N)(NC(=O)CNc1cc(Cl)ccc1C(=O)N1CCCCC1)C1CC1. The molecule has 1 saturated carbocycles. The van der Waals surface area contributed by atoms with Crippen LogP contribution in [0.5, 0.6) is 0 Å². The van der Waals surface area contributed by atoms with E-state index in [4.69, 9.17) is 11.6 Å². The molecule has 0 aromatic heterocycles. The zero-order valence-electron chi connectivity index (χ0n) is 15.6. The van der Waals surface area contributed by atoms with Crippen LogP contribution in [0.25, 0.3) is 0 Å². The minimum Gasteiger partial charge on any atom is -0.375 e. The Morgan fingerprint density at radius 1 is 1.30 bits per heavy atom. The number of benzene rings is 1. The maximum absolute atomic E-state index is 12.8. The molecule has 1 unspecified atom stereocenters. The minimum atomic E-state index is -0.834. The number of hydrogen-bond acceptors (Lipinski definition) is 4. The molecule has 144 valence electrons. The average Bonchev–Trinajstić information content (AvgIpc) is 3.52. The number of likely N-dealkylation sites (tertiary alicyclic amines) is 1. The number of nitrogens with one attached hydrogen (secondary N) is 2. The van der Waals surface area contributed by atoms with Gasteiger partial charge in [0, 0.05) is 23.8 Å². The molecule has 2 amide bonds. The van der Waals surface area contributed by atoms with Gasteiger partial charge in [0.05, 0.1) is 18.2 Å². The molecule has 7 heteroatoms. The lowest BCUT2D eigenvalue weighted by atomic mass is 9.98. The third-order valence-corrected chi connectivity index (χ3v) is 5.55. The van der Waals surface area contributed by atoms with Gasteiger partial charge < -0.3 is 15.5 Å². The number of halogens is 1. The molecular formula is C20H25ClN4O2. The Hall–Kier alpha value is -2.26. The van der Waals surface area contributed by atoms with Crippen LogP contribution in [-0.2, 0) is 4.79 Å². The number of amides is 2. The summed E-state index contributed by atoms with van der Waals surface area (Å²) in [6.45, 7) is 3.24. The van der Waals surface area contributed by atoms with Crippen molar-refractivity contribution in [1.82, 2.24) is 10.2 Å². The molecule has 1 aliphatic carbocycles. The van der Waals surface area contributed by atoms with E-state index >= 15 is 0 Å². The summed E-state index contributed by atoms with van der Waals surface area (Å²) in [4.78, 5) is 27.0. The molecule has 1 aromatic carbocycles. The maximum Gasteiger partial charge on any atom is 0.255 e. The van der Waals surface area contributed by atoms with Crippen LogP contribution < -0.4 is 10.6 Å². The lowest BCUT2D eigenvalue weighted by Gasteiger charge is -2.28. The number of piperidine rings is 1. The fraction of sp³-hybridized carbons (Fsp3) is 0.550. The number of nitriles is 1. The number of carbonyl (C=O) groups excluding carboxylic acids is 2. The van der Waals surface area contributed by atoms with Gasteiger partial charge in [-0.2, -0.15) is 5.26 Å². The van der Waals surface area contributed by atoms with Crippen molar-refractivity contribution >= 4 is 29.1 Å². The highest BCUT2D eigenvalue weighted by molar-refractivity contribution is 6.31. The van der Waals surface area contributed by atoms with Crippen molar-refractivity contribution in [2.45, 2.75) is 44.6 Å². The molecule has 0 radical (unpaired) electrons. The van der Waals surface area contributed by atoms with Gasteiger partial charge in [-0.3, -0.25) is 9.59 Å². The van der Waals surface area contributed by atoms with Gasteiger partial charge in [0.2, 0.25) is 5.91 Å². The van der Waals surface area contributed by atoms with E-state index in [9.17, 15) is 14.9 Å². The van der Waals surface area contributed by atoms with Gasteiger partial charge >= 0.3 is 0 Å². The Bertz CT molecular complexity index is 766. The summed E-state index contributed by atoms with van der Waals surface area (Å²) in [5.74, 6) is -0.106. The van der Waals surface area contributed by atoms with E-state index in [1.807, 2.05) is 4.90 Å². The lowest BCUT2D eigenvalue weighted by molar-refractivity contribution is -0.120. The number of rotatable bonds is 6. The van der Waals surface area contributed by atoms with Crippen LogP contribution in [0, 0.1) is 17.2 Å². The fourth-order valence-corrected chi connectivity index (χ4v) is 3.68. The second-order valence-electron chi connectivity index (χ2n) is 7.53. The smallest absolute Gasteiger partial charge is 0.255 e. The van der Waals surface area contributed by atoms with Gasteiger partial charge in [0.15, 0.2) is 0 Å². The van der Waals surface area contributed by atoms with Crippen molar-refractivity contribution in [3.05, 3.63) is 28.8 Å². The summed E-state index contributed by atoms with van der Waals surface area (Å²) in [5.41, 5.74) is 0.220. The molecule has 1 aromatic rings. The molecule has 2 N–H and O–H groups in total. The van der Waals surface area contributed by atoms with Crippen molar-refractivity contribution in [2.24, 2.45) is 5.92 Å². The predicted octanol–water partition coefficient (Wildman–Crippen LogP) is 3.19. The van der Waals surface area contributed by atoms with E-state index in [0.29, 0.717) is 16.3 Å². The average molecular weight is 389 g/mol. The Kier molecular flexibility index (Phi) is 5.91. The molecule has 1 saturated heterocycles. The summed E-state index contributed by atoms with van der Waals surface area (Å²) >= 11 is 6.09. The molecule has 1 aliphatic heterocycles. The fourth-order valence-electron chi connectivity index (χ4n) is 3.51. The van der Waals surface area contributed by atoms with E-state index < -0.39 is 5.54 Å². The van der Waals surface area contributed by atoms with Gasteiger partial charge in [-0.25, -0.2) is 0 Å². The van der Waals surface area contributed by atoms with Crippen molar-refractivity contribution in [3.8, 4) is 6.07 Å². The molecular weight excluding hydrogens is 364 g/mol. The molecule has 0 bridgehead atoms. The zero-order valence-corrected chi connectivity index (χ0v) is 16.3. The number of nitrogens with zero attached hydrogens (tertiary/aromatic N) is 2. The summed E-state index contributed by atoms with van der Waals surface area (Å²) in [5, 5.41) is 15.7. The van der Waals surface area contributed by atoms with Crippen LogP contribution in [-0.4, -0.2) is 41.9 Å².